The Morgan fingerprint density at radius 1 is 1.28 bits per heavy atom. The number of hydrogen-bond acceptors (Lipinski definition) is 1. The first kappa shape index (κ1) is 13.4. The van der Waals surface area contributed by atoms with Gasteiger partial charge >= 0.3 is 0 Å². The van der Waals surface area contributed by atoms with Crippen LogP contribution in [0, 0.1) is 6.92 Å². The van der Waals surface area contributed by atoms with Crippen molar-refractivity contribution >= 4 is 23.2 Å². The van der Waals surface area contributed by atoms with Crippen LogP contribution in [0.2, 0.25) is 5.02 Å². The van der Waals surface area contributed by atoms with Crippen LogP contribution in [0.4, 0.5) is 0 Å². The largest absolute Gasteiger partial charge is 0.272 e. The summed E-state index contributed by atoms with van der Waals surface area (Å²) in [6.07, 6.45) is 0.891. The summed E-state index contributed by atoms with van der Waals surface area (Å²) in [6, 6.07) is 10.0. The van der Waals surface area contributed by atoms with Gasteiger partial charge in [-0.2, -0.15) is 5.10 Å². The summed E-state index contributed by atoms with van der Waals surface area (Å²) in [4.78, 5) is 0. The lowest BCUT2D eigenvalue weighted by atomic mass is 9.96. The Morgan fingerprint density at radius 3 is 2.44 bits per heavy atom. The first-order valence-corrected chi connectivity index (χ1v) is 6.82. The van der Waals surface area contributed by atoms with Crippen LogP contribution in [-0.4, -0.2) is 15.7 Å². The fourth-order valence-corrected chi connectivity index (χ4v) is 2.52. The van der Waals surface area contributed by atoms with E-state index in [1.165, 1.54) is 11.3 Å². The Bertz CT molecular complexity index is 517. The number of hydrogen-bond donors (Lipinski definition) is 0. The summed E-state index contributed by atoms with van der Waals surface area (Å²) in [7, 11) is 1.97. The smallest absolute Gasteiger partial charge is 0.0596 e. The second-order valence-electron chi connectivity index (χ2n) is 4.51. The molecule has 0 spiro atoms. The topological polar surface area (TPSA) is 17.8 Å². The Balaban J connectivity index is 2.19. The molecule has 1 unspecified atom stereocenters. The van der Waals surface area contributed by atoms with Crippen molar-refractivity contribution in [3.05, 3.63) is 52.3 Å². The maximum Gasteiger partial charge on any atom is 0.0596 e. The zero-order chi connectivity index (χ0) is 13.1. The van der Waals surface area contributed by atoms with Crippen LogP contribution in [0.15, 0.2) is 30.3 Å². The van der Waals surface area contributed by atoms with Crippen molar-refractivity contribution in [1.82, 2.24) is 9.78 Å². The van der Waals surface area contributed by atoms with E-state index < -0.39 is 0 Å². The number of aromatic nitrogens is 2. The first-order chi connectivity index (χ1) is 8.60. The summed E-state index contributed by atoms with van der Waals surface area (Å²) in [5, 5.41) is 5.11. The zero-order valence-corrected chi connectivity index (χ0v) is 12.0. The van der Waals surface area contributed by atoms with Gasteiger partial charge in [0.2, 0.25) is 0 Å². The number of rotatable bonds is 4. The minimum absolute atomic E-state index is 0.290. The first-order valence-electron chi connectivity index (χ1n) is 5.91. The van der Waals surface area contributed by atoms with Crippen LogP contribution in [-0.2, 0) is 13.5 Å². The van der Waals surface area contributed by atoms with Gasteiger partial charge < -0.3 is 0 Å². The Kier molecular flexibility index (Phi) is 4.31. The SMILES string of the molecule is Cc1cc(CC(CCl)c2ccc(Cl)cc2)n(C)n1. The van der Waals surface area contributed by atoms with Crippen molar-refractivity contribution in [2.45, 2.75) is 19.3 Å². The van der Waals surface area contributed by atoms with Crippen LogP contribution < -0.4 is 0 Å². The summed E-state index contributed by atoms with van der Waals surface area (Å²) >= 11 is 12.0. The second kappa shape index (κ2) is 5.77. The second-order valence-corrected chi connectivity index (χ2v) is 5.25. The van der Waals surface area contributed by atoms with Gasteiger partial charge in [0.25, 0.3) is 0 Å². The molecule has 2 rings (SSSR count). The predicted molar refractivity (Wildman–Crippen MR) is 76.6 cm³/mol. The Morgan fingerprint density at radius 2 is 1.94 bits per heavy atom. The van der Waals surface area contributed by atoms with Crippen molar-refractivity contribution in [3.8, 4) is 0 Å². The van der Waals surface area contributed by atoms with Crippen LogP contribution in [0.3, 0.4) is 0 Å². The van der Waals surface area contributed by atoms with Crippen LogP contribution in [0.5, 0.6) is 0 Å². The summed E-state index contributed by atoms with van der Waals surface area (Å²) < 4.78 is 1.92. The van der Waals surface area contributed by atoms with Gasteiger partial charge in [0, 0.05) is 29.6 Å². The molecule has 0 saturated carbocycles. The van der Waals surface area contributed by atoms with Crippen molar-refractivity contribution in [2.75, 3.05) is 5.88 Å². The monoisotopic (exact) mass is 282 g/mol. The molecule has 4 heteroatoms. The molecule has 18 heavy (non-hydrogen) atoms. The number of nitrogens with zero attached hydrogens (tertiary/aromatic N) is 2. The van der Waals surface area contributed by atoms with Gasteiger partial charge in [-0.1, -0.05) is 23.7 Å². The molecule has 0 N–H and O–H groups in total. The highest BCUT2D eigenvalue weighted by Crippen LogP contribution is 2.24. The Labute approximate surface area is 118 Å². The maximum atomic E-state index is 6.09. The third-order valence-corrected chi connectivity index (χ3v) is 3.71. The molecule has 0 saturated heterocycles. The van der Waals surface area contributed by atoms with Crippen molar-refractivity contribution in [1.29, 1.82) is 0 Å². The molecule has 0 bridgehead atoms. The van der Waals surface area contributed by atoms with Crippen molar-refractivity contribution < 1.29 is 0 Å². The van der Waals surface area contributed by atoms with E-state index in [9.17, 15) is 0 Å². The molecule has 1 heterocycles. The molecule has 0 aliphatic rings. The van der Waals surface area contributed by atoms with Crippen molar-refractivity contribution in [2.24, 2.45) is 7.05 Å². The van der Waals surface area contributed by atoms with Crippen molar-refractivity contribution in [3.63, 3.8) is 0 Å². The lowest BCUT2D eigenvalue weighted by Gasteiger charge is -2.14. The standard InChI is InChI=1S/C14H16Cl2N2/c1-10-7-14(18(2)17-10)8-12(9-15)11-3-5-13(16)6-4-11/h3-7,12H,8-9H2,1-2H3. The van der Waals surface area contributed by atoms with E-state index in [0.29, 0.717) is 11.8 Å². The molecule has 96 valence electrons. The zero-order valence-electron chi connectivity index (χ0n) is 10.5. The van der Waals surface area contributed by atoms with Gasteiger partial charge in [-0.05, 0) is 37.1 Å². The average molecular weight is 283 g/mol. The van der Waals surface area contributed by atoms with Crippen LogP contribution in [0.1, 0.15) is 22.9 Å². The predicted octanol–water partition coefficient (Wildman–Crippen LogP) is 3.95. The molecule has 1 aromatic carbocycles. The molecule has 2 nitrogen and oxygen atoms in total. The minimum atomic E-state index is 0.290. The molecular weight excluding hydrogens is 267 g/mol. The molecule has 0 fully saturated rings. The highest BCUT2D eigenvalue weighted by molar-refractivity contribution is 6.30. The van der Waals surface area contributed by atoms with Crippen LogP contribution >= 0.6 is 23.2 Å². The highest BCUT2D eigenvalue weighted by Gasteiger charge is 2.14. The number of benzene rings is 1. The summed E-state index contributed by atoms with van der Waals surface area (Å²) in [5.74, 6) is 0.880. The van der Waals surface area contributed by atoms with Gasteiger partial charge in [0.15, 0.2) is 0 Å². The number of alkyl halides is 1. The fourth-order valence-electron chi connectivity index (χ4n) is 2.10. The van der Waals surface area contributed by atoms with Gasteiger partial charge in [0.1, 0.15) is 0 Å². The van der Waals surface area contributed by atoms with E-state index >= 15 is 0 Å². The summed E-state index contributed by atoms with van der Waals surface area (Å²) in [5.41, 5.74) is 3.46. The van der Waals surface area contributed by atoms with Gasteiger partial charge in [-0.3, -0.25) is 4.68 Å². The number of aryl methyl sites for hydroxylation is 2. The van der Waals surface area contributed by atoms with Gasteiger partial charge in [-0.15, -0.1) is 11.6 Å². The van der Waals surface area contributed by atoms with E-state index in [1.807, 2.05) is 42.9 Å². The maximum absolute atomic E-state index is 6.09. The van der Waals surface area contributed by atoms with Gasteiger partial charge in [0.05, 0.1) is 5.69 Å². The summed E-state index contributed by atoms with van der Waals surface area (Å²) in [6.45, 7) is 2.00. The average Bonchev–Trinajstić information content (AvgIpc) is 2.66. The molecule has 0 radical (unpaired) electrons. The highest BCUT2D eigenvalue weighted by atomic mass is 35.5. The molecule has 1 atom stereocenters. The Hall–Kier alpha value is -0.990. The molecule has 2 aromatic rings. The molecular formula is C14H16Cl2N2. The molecule has 1 aromatic heterocycles. The fraction of sp³-hybridized carbons (Fsp3) is 0.357. The van der Waals surface area contributed by atoms with E-state index in [-0.39, 0.29) is 0 Å². The molecule has 0 aliphatic carbocycles. The van der Waals surface area contributed by atoms with E-state index in [0.717, 1.165) is 17.1 Å². The quantitative estimate of drug-likeness (QED) is 0.777. The molecule has 0 amide bonds. The molecule has 0 aliphatic heterocycles. The third kappa shape index (κ3) is 3.06. The lowest BCUT2D eigenvalue weighted by Crippen LogP contribution is -2.08. The minimum Gasteiger partial charge on any atom is -0.272 e. The van der Waals surface area contributed by atoms with E-state index in [2.05, 4.69) is 11.2 Å². The number of halogens is 2. The normalized spacial score (nSPS) is 12.7. The lowest BCUT2D eigenvalue weighted by molar-refractivity contribution is 0.657. The van der Waals surface area contributed by atoms with Crippen LogP contribution in [0.25, 0.3) is 0 Å². The van der Waals surface area contributed by atoms with Gasteiger partial charge in [-0.25, -0.2) is 0 Å². The van der Waals surface area contributed by atoms with E-state index in [4.69, 9.17) is 23.2 Å². The van der Waals surface area contributed by atoms with E-state index in [1.54, 1.807) is 0 Å². The third-order valence-electron chi connectivity index (χ3n) is 3.08.